The molecule has 134 valence electrons. The van der Waals surface area contributed by atoms with E-state index in [1.54, 1.807) is 18.2 Å². The Morgan fingerprint density at radius 3 is 2.84 bits per heavy atom. The number of carbonyl (C=O) groups is 1. The number of thioether (sulfide) groups is 1. The summed E-state index contributed by atoms with van der Waals surface area (Å²) in [6.07, 6.45) is 4.07. The van der Waals surface area contributed by atoms with Gasteiger partial charge in [-0.25, -0.2) is 4.39 Å². The lowest BCUT2D eigenvalue weighted by atomic mass is 10.2. The van der Waals surface area contributed by atoms with Crippen LogP contribution in [0.1, 0.15) is 45.6 Å². The van der Waals surface area contributed by atoms with Crippen LogP contribution in [-0.2, 0) is 4.79 Å². The van der Waals surface area contributed by atoms with Crippen LogP contribution in [0.4, 0.5) is 4.39 Å². The van der Waals surface area contributed by atoms with Gasteiger partial charge < -0.3 is 5.32 Å². The van der Waals surface area contributed by atoms with Crippen LogP contribution in [0.25, 0.3) is 11.4 Å². The molecule has 1 atom stereocenters. The highest BCUT2D eigenvalue weighted by atomic mass is 32.2. The molecule has 7 heteroatoms. The van der Waals surface area contributed by atoms with Gasteiger partial charge in [-0.2, -0.15) is 0 Å². The molecule has 1 N–H and O–H groups in total. The lowest BCUT2D eigenvalue weighted by Gasteiger charge is -2.13. The predicted molar refractivity (Wildman–Crippen MR) is 96.9 cm³/mol. The molecule has 0 aliphatic heterocycles. The Morgan fingerprint density at radius 2 is 2.16 bits per heavy atom. The van der Waals surface area contributed by atoms with E-state index in [0.29, 0.717) is 22.6 Å². The zero-order chi connectivity index (χ0) is 17.8. The van der Waals surface area contributed by atoms with Crippen LogP contribution < -0.4 is 5.32 Å². The molecule has 1 amide bonds. The molecule has 3 rings (SSSR count). The van der Waals surface area contributed by atoms with Crippen molar-refractivity contribution in [1.82, 2.24) is 20.1 Å². The summed E-state index contributed by atoms with van der Waals surface area (Å²) in [4.78, 5) is 12.1. The van der Waals surface area contributed by atoms with Gasteiger partial charge in [0, 0.05) is 12.1 Å². The van der Waals surface area contributed by atoms with Gasteiger partial charge in [0.1, 0.15) is 5.82 Å². The van der Waals surface area contributed by atoms with E-state index >= 15 is 0 Å². The van der Waals surface area contributed by atoms with Crippen LogP contribution in [-0.4, -0.2) is 32.5 Å². The zero-order valence-electron chi connectivity index (χ0n) is 14.5. The Bertz CT molecular complexity index is 744. The molecule has 1 aromatic carbocycles. The van der Waals surface area contributed by atoms with E-state index in [2.05, 4.69) is 22.4 Å². The third-order valence-corrected chi connectivity index (χ3v) is 5.10. The minimum atomic E-state index is -0.306. The summed E-state index contributed by atoms with van der Waals surface area (Å²) in [6, 6.07) is 7.07. The minimum absolute atomic E-state index is 0.0104. The number of hydrogen-bond donors (Lipinski definition) is 1. The van der Waals surface area contributed by atoms with Gasteiger partial charge in [-0.3, -0.25) is 9.36 Å². The Balaban J connectivity index is 1.73. The highest BCUT2D eigenvalue weighted by Crippen LogP contribution is 2.41. The number of benzene rings is 1. The maximum atomic E-state index is 14.1. The van der Waals surface area contributed by atoms with Gasteiger partial charge in [-0.15, -0.1) is 10.2 Å². The first-order valence-electron chi connectivity index (χ1n) is 8.72. The van der Waals surface area contributed by atoms with E-state index in [1.807, 2.05) is 11.5 Å². The van der Waals surface area contributed by atoms with E-state index in [4.69, 9.17) is 0 Å². The lowest BCUT2D eigenvalue weighted by Crippen LogP contribution is -2.33. The van der Waals surface area contributed by atoms with Crippen LogP contribution in [0, 0.1) is 5.82 Å². The molecule has 0 bridgehead atoms. The number of rotatable bonds is 8. The lowest BCUT2D eigenvalue weighted by molar-refractivity contribution is -0.119. The minimum Gasteiger partial charge on any atom is -0.353 e. The van der Waals surface area contributed by atoms with Gasteiger partial charge in [-0.1, -0.05) is 37.2 Å². The van der Waals surface area contributed by atoms with Crippen molar-refractivity contribution >= 4 is 17.7 Å². The van der Waals surface area contributed by atoms with Gasteiger partial charge in [0.2, 0.25) is 5.91 Å². The second-order valence-corrected chi connectivity index (χ2v) is 7.38. The van der Waals surface area contributed by atoms with Crippen LogP contribution in [0.3, 0.4) is 0 Å². The third-order valence-electron chi connectivity index (χ3n) is 4.15. The number of hydrogen-bond acceptors (Lipinski definition) is 4. The maximum Gasteiger partial charge on any atom is 0.230 e. The molecule has 1 aromatic heterocycles. The first-order chi connectivity index (χ1) is 12.1. The van der Waals surface area contributed by atoms with Crippen molar-refractivity contribution in [3.05, 3.63) is 30.1 Å². The molecule has 1 heterocycles. The molecule has 0 radical (unpaired) electrons. The van der Waals surface area contributed by atoms with E-state index in [9.17, 15) is 9.18 Å². The van der Waals surface area contributed by atoms with Gasteiger partial charge in [0.25, 0.3) is 0 Å². The topological polar surface area (TPSA) is 59.8 Å². The fourth-order valence-electron chi connectivity index (χ4n) is 2.82. The first kappa shape index (κ1) is 17.9. The molecule has 2 aromatic rings. The summed E-state index contributed by atoms with van der Waals surface area (Å²) in [5, 5.41) is 12.1. The maximum absolute atomic E-state index is 14.1. The summed E-state index contributed by atoms with van der Waals surface area (Å²) < 4.78 is 16.1. The first-order valence-corrected chi connectivity index (χ1v) is 9.70. The standard InChI is InChI=1S/C18H23FN4OS/c1-3-6-12(2)20-16(24)11-25-18-22-21-17(23(18)13-9-10-13)14-7-4-5-8-15(14)19/h4-5,7-8,12-13H,3,6,9-11H2,1-2H3,(H,20,24)/t12-/m1/s1. The normalized spacial score (nSPS) is 15.2. The Kier molecular flexibility index (Phi) is 5.73. The van der Waals surface area contributed by atoms with E-state index in [0.717, 1.165) is 25.7 Å². The van der Waals surface area contributed by atoms with E-state index < -0.39 is 0 Å². The highest BCUT2D eigenvalue weighted by molar-refractivity contribution is 7.99. The SMILES string of the molecule is CCC[C@@H](C)NC(=O)CSc1nnc(-c2ccccc2F)n1C1CC1. The molecule has 1 saturated carbocycles. The van der Waals surface area contributed by atoms with Crippen molar-refractivity contribution in [2.75, 3.05) is 5.75 Å². The van der Waals surface area contributed by atoms with Crippen molar-refractivity contribution in [2.45, 2.75) is 56.8 Å². The average molecular weight is 362 g/mol. The quantitative estimate of drug-likeness (QED) is 0.725. The van der Waals surface area contributed by atoms with Crippen molar-refractivity contribution in [2.24, 2.45) is 0 Å². The highest BCUT2D eigenvalue weighted by Gasteiger charge is 2.31. The van der Waals surface area contributed by atoms with Crippen molar-refractivity contribution < 1.29 is 9.18 Å². The number of nitrogens with zero attached hydrogens (tertiary/aromatic N) is 3. The summed E-state index contributed by atoms with van der Waals surface area (Å²) in [5.41, 5.74) is 0.453. The third kappa shape index (κ3) is 4.39. The second-order valence-electron chi connectivity index (χ2n) is 6.43. The molecule has 1 aliphatic carbocycles. The van der Waals surface area contributed by atoms with Gasteiger partial charge in [-0.05, 0) is 38.3 Å². The van der Waals surface area contributed by atoms with Gasteiger partial charge in [0.05, 0.1) is 11.3 Å². The van der Waals surface area contributed by atoms with Gasteiger partial charge >= 0.3 is 0 Å². The molecule has 0 spiro atoms. The van der Waals surface area contributed by atoms with Crippen LogP contribution in [0.2, 0.25) is 0 Å². The van der Waals surface area contributed by atoms with Crippen LogP contribution in [0.15, 0.2) is 29.4 Å². The number of halogens is 1. The Hall–Kier alpha value is -1.89. The largest absolute Gasteiger partial charge is 0.353 e. The summed E-state index contributed by atoms with van der Waals surface area (Å²) in [5.74, 6) is 0.516. The fourth-order valence-corrected chi connectivity index (χ4v) is 3.63. The van der Waals surface area contributed by atoms with E-state index in [-0.39, 0.29) is 23.5 Å². The summed E-state index contributed by atoms with van der Waals surface area (Å²) >= 11 is 1.36. The van der Waals surface area contributed by atoms with Crippen molar-refractivity contribution in [3.63, 3.8) is 0 Å². The summed E-state index contributed by atoms with van der Waals surface area (Å²) in [7, 11) is 0. The molecule has 1 aliphatic rings. The Morgan fingerprint density at radius 1 is 1.40 bits per heavy atom. The fraction of sp³-hybridized carbons (Fsp3) is 0.500. The number of amides is 1. The molecule has 5 nitrogen and oxygen atoms in total. The van der Waals surface area contributed by atoms with Crippen molar-refractivity contribution in [1.29, 1.82) is 0 Å². The van der Waals surface area contributed by atoms with Crippen molar-refractivity contribution in [3.8, 4) is 11.4 Å². The van der Waals surface area contributed by atoms with Crippen LogP contribution >= 0.6 is 11.8 Å². The number of carbonyl (C=O) groups excluding carboxylic acids is 1. The average Bonchev–Trinajstić information content (AvgIpc) is 3.33. The molecule has 0 unspecified atom stereocenters. The zero-order valence-corrected chi connectivity index (χ0v) is 15.4. The van der Waals surface area contributed by atoms with Gasteiger partial charge in [0.15, 0.2) is 11.0 Å². The smallest absolute Gasteiger partial charge is 0.230 e. The second kappa shape index (κ2) is 7.99. The molecule has 0 saturated heterocycles. The molecular weight excluding hydrogens is 339 g/mol. The number of nitrogens with one attached hydrogen (secondary N) is 1. The summed E-state index contributed by atoms with van der Waals surface area (Å²) in [6.45, 7) is 4.11. The molecular formula is C18H23FN4OS. The Labute approximate surface area is 151 Å². The molecule has 25 heavy (non-hydrogen) atoms. The van der Waals surface area contributed by atoms with E-state index in [1.165, 1.54) is 17.8 Å². The predicted octanol–water partition coefficient (Wildman–Crippen LogP) is 3.82. The molecule has 1 fully saturated rings. The van der Waals surface area contributed by atoms with Crippen LogP contribution in [0.5, 0.6) is 0 Å². The number of aromatic nitrogens is 3. The monoisotopic (exact) mass is 362 g/mol.